The molecule has 2 atom stereocenters. The number of methoxy groups -OCH3 is 1. The van der Waals surface area contributed by atoms with Crippen LogP contribution in [0, 0.1) is 0 Å². The van der Waals surface area contributed by atoms with Crippen molar-refractivity contribution in [1.29, 1.82) is 0 Å². The molecule has 0 unspecified atom stereocenters. The van der Waals surface area contributed by atoms with Crippen molar-refractivity contribution in [3.63, 3.8) is 0 Å². The molecular weight excluding hydrogens is 222 g/mol. The first-order valence-electron chi connectivity index (χ1n) is 5.41. The minimum absolute atomic E-state index is 0.247. The van der Waals surface area contributed by atoms with Gasteiger partial charge in [-0.1, -0.05) is 12.1 Å². The molecule has 1 fully saturated rings. The molecule has 2 rings (SSSR count). The molecule has 1 aliphatic heterocycles. The maximum atomic E-state index is 11.1. The van der Waals surface area contributed by atoms with Crippen molar-refractivity contribution in [2.24, 2.45) is 0 Å². The van der Waals surface area contributed by atoms with E-state index in [0.29, 0.717) is 18.8 Å². The summed E-state index contributed by atoms with van der Waals surface area (Å²) < 4.78 is 5.14. The van der Waals surface area contributed by atoms with Gasteiger partial charge in [0.2, 0.25) is 0 Å². The number of ether oxygens (including phenoxy) is 1. The van der Waals surface area contributed by atoms with Gasteiger partial charge in [-0.15, -0.1) is 0 Å². The van der Waals surface area contributed by atoms with Crippen LogP contribution in [0.4, 0.5) is 5.69 Å². The fourth-order valence-corrected chi connectivity index (χ4v) is 2.12. The summed E-state index contributed by atoms with van der Waals surface area (Å²) in [5, 5.41) is 18.8. The maximum absolute atomic E-state index is 11.1. The molecule has 0 saturated carbocycles. The van der Waals surface area contributed by atoms with Crippen molar-refractivity contribution in [2.45, 2.75) is 12.2 Å². The Bertz CT molecular complexity index is 421. The van der Waals surface area contributed by atoms with Crippen molar-refractivity contribution in [3.8, 4) is 0 Å². The van der Waals surface area contributed by atoms with Gasteiger partial charge < -0.3 is 19.8 Å². The van der Waals surface area contributed by atoms with Crippen LogP contribution in [-0.4, -0.2) is 48.6 Å². The smallest absolute Gasteiger partial charge is 0.337 e. The van der Waals surface area contributed by atoms with Crippen LogP contribution in [0.15, 0.2) is 24.3 Å². The number of aliphatic hydroxyl groups is 1. The van der Waals surface area contributed by atoms with Gasteiger partial charge in [0.05, 0.1) is 17.4 Å². The van der Waals surface area contributed by atoms with E-state index >= 15 is 0 Å². The number of carboxylic acid groups (broad SMARTS) is 1. The minimum atomic E-state index is -0.962. The number of β-amino-alcohol motifs (C(OH)–C–C–N with tert-alkyl or cyclic N) is 1. The highest BCUT2D eigenvalue weighted by atomic mass is 16.5. The highest BCUT2D eigenvalue weighted by Crippen LogP contribution is 2.25. The summed E-state index contributed by atoms with van der Waals surface area (Å²) in [6, 6.07) is 6.78. The van der Waals surface area contributed by atoms with Crippen LogP contribution in [-0.2, 0) is 4.74 Å². The van der Waals surface area contributed by atoms with E-state index in [1.165, 1.54) is 0 Å². The lowest BCUT2D eigenvalue weighted by Crippen LogP contribution is -2.25. The Kier molecular flexibility index (Phi) is 3.31. The largest absolute Gasteiger partial charge is 0.478 e. The Morgan fingerprint density at radius 1 is 1.41 bits per heavy atom. The number of anilines is 1. The fraction of sp³-hybridized carbons (Fsp3) is 0.417. The zero-order chi connectivity index (χ0) is 12.4. The van der Waals surface area contributed by atoms with Gasteiger partial charge in [-0.2, -0.15) is 0 Å². The molecule has 0 aliphatic carbocycles. The Balaban J connectivity index is 2.27. The average molecular weight is 237 g/mol. The second kappa shape index (κ2) is 4.73. The summed E-state index contributed by atoms with van der Waals surface area (Å²) in [6.07, 6.45) is -0.848. The zero-order valence-corrected chi connectivity index (χ0v) is 9.54. The number of carbonyl (C=O) groups is 1. The summed E-state index contributed by atoms with van der Waals surface area (Å²) in [5.41, 5.74) is 0.870. The Morgan fingerprint density at radius 2 is 2.12 bits per heavy atom. The van der Waals surface area contributed by atoms with Gasteiger partial charge in [0.1, 0.15) is 6.10 Å². The molecule has 1 aliphatic rings. The lowest BCUT2D eigenvalue weighted by atomic mass is 10.1. The molecule has 1 aromatic rings. The van der Waals surface area contributed by atoms with Gasteiger partial charge in [0, 0.05) is 20.2 Å². The first-order chi connectivity index (χ1) is 8.13. The van der Waals surface area contributed by atoms with E-state index in [2.05, 4.69) is 0 Å². The lowest BCUT2D eigenvalue weighted by molar-refractivity contribution is 0.0217. The highest BCUT2D eigenvalue weighted by molar-refractivity contribution is 5.94. The first-order valence-corrected chi connectivity index (χ1v) is 5.41. The van der Waals surface area contributed by atoms with Gasteiger partial charge in [-0.3, -0.25) is 0 Å². The van der Waals surface area contributed by atoms with Gasteiger partial charge in [0.15, 0.2) is 0 Å². The molecule has 2 N–H and O–H groups in total. The molecule has 1 saturated heterocycles. The van der Waals surface area contributed by atoms with Crippen LogP contribution in [0.3, 0.4) is 0 Å². The van der Waals surface area contributed by atoms with Crippen LogP contribution < -0.4 is 4.90 Å². The predicted octanol–water partition coefficient (Wildman–Crippen LogP) is 0.581. The van der Waals surface area contributed by atoms with Crippen molar-refractivity contribution in [3.05, 3.63) is 29.8 Å². The van der Waals surface area contributed by atoms with Gasteiger partial charge in [-0.25, -0.2) is 4.79 Å². The van der Waals surface area contributed by atoms with Crippen molar-refractivity contribution in [2.75, 3.05) is 25.1 Å². The average Bonchev–Trinajstić information content (AvgIpc) is 2.70. The summed E-state index contributed by atoms with van der Waals surface area (Å²) >= 11 is 0. The van der Waals surface area contributed by atoms with Gasteiger partial charge in [0.25, 0.3) is 0 Å². The minimum Gasteiger partial charge on any atom is -0.478 e. The Morgan fingerprint density at radius 3 is 2.71 bits per heavy atom. The van der Waals surface area contributed by atoms with Gasteiger partial charge in [-0.05, 0) is 12.1 Å². The van der Waals surface area contributed by atoms with Crippen molar-refractivity contribution >= 4 is 11.7 Å². The van der Waals surface area contributed by atoms with Crippen molar-refractivity contribution in [1.82, 2.24) is 0 Å². The third-order valence-electron chi connectivity index (χ3n) is 3.01. The third kappa shape index (κ3) is 2.25. The summed E-state index contributed by atoms with van der Waals surface area (Å²) in [6.45, 7) is 0.894. The van der Waals surface area contributed by atoms with Gasteiger partial charge >= 0.3 is 5.97 Å². The number of aliphatic hydroxyl groups excluding tert-OH is 1. The molecule has 5 nitrogen and oxygen atoms in total. The molecule has 1 heterocycles. The Hall–Kier alpha value is -1.59. The van der Waals surface area contributed by atoms with Crippen LogP contribution >= 0.6 is 0 Å². The molecule has 0 radical (unpaired) electrons. The molecule has 0 amide bonds. The second-order valence-corrected chi connectivity index (χ2v) is 4.07. The number of rotatable bonds is 3. The molecule has 0 spiro atoms. The number of carboxylic acids is 1. The van der Waals surface area contributed by atoms with E-state index in [4.69, 9.17) is 9.84 Å². The maximum Gasteiger partial charge on any atom is 0.337 e. The van der Waals surface area contributed by atoms with Crippen molar-refractivity contribution < 1.29 is 19.7 Å². The Labute approximate surface area is 99.2 Å². The predicted molar refractivity (Wildman–Crippen MR) is 62.4 cm³/mol. The zero-order valence-electron chi connectivity index (χ0n) is 9.54. The van der Waals surface area contributed by atoms with E-state index in [1.54, 1.807) is 31.4 Å². The standard InChI is InChI=1S/C12H15NO4/c1-17-11-7-13(6-10(11)14)9-5-3-2-4-8(9)12(15)16/h2-5,10-11,14H,6-7H2,1H3,(H,15,16)/t10-,11+/m0/s1. The highest BCUT2D eigenvalue weighted by Gasteiger charge is 2.32. The number of hydrogen-bond acceptors (Lipinski definition) is 4. The van der Waals surface area contributed by atoms with Crippen LogP contribution in [0.1, 0.15) is 10.4 Å². The van der Waals surface area contributed by atoms with E-state index in [9.17, 15) is 9.90 Å². The molecule has 1 aromatic carbocycles. The number of hydrogen-bond donors (Lipinski definition) is 2. The number of nitrogens with zero attached hydrogens (tertiary/aromatic N) is 1. The quantitative estimate of drug-likeness (QED) is 0.804. The SMILES string of the molecule is CO[C@@H]1CN(c2ccccc2C(=O)O)C[C@@H]1O. The molecule has 0 bridgehead atoms. The first kappa shape index (κ1) is 11.9. The molecular formula is C12H15NO4. The van der Waals surface area contributed by atoms with E-state index in [0.717, 1.165) is 0 Å². The van der Waals surface area contributed by atoms with Crippen LogP contribution in [0.2, 0.25) is 0 Å². The number of aromatic carboxylic acids is 1. The van der Waals surface area contributed by atoms with E-state index < -0.39 is 12.1 Å². The monoisotopic (exact) mass is 237 g/mol. The number of benzene rings is 1. The van der Waals surface area contributed by atoms with E-state index in [-0.39, 0.29) is 11.7 Å². The number of para-hydroxylation sites is 1. The third-order valence-corrected chi connectivity index (χ3v) is 3.01. The van der Waals surface area contributed by atoms with Crippen LogP contribution in [0.25, 0.3) is 0 Å². The summed E-state index contributed by atoms with van der Waals surface area (Å²) in [5.74, 6) is -0.962. The lowest BCUT2D eigenvalue weighted by Gasteiger charge is -2.19. The summed E-state index contributed by atoms with van der Waals surface area (Å²) in [4.78, 5) is 12.9. The molecule has 0 aromatic heterocycles. The van der Waals surface area contributed by atoms with Crippen LogP contribution in [0.5, 0.6) is 0 Å². The molecule has 92 valence electrons. The molecule has 5 heteroatoms. The second-order valence-electron chi connectivity index (χ2n) is 4.07. The topological polar surface area (TPSA) is 70.0 Å². The summed E-state index contributed by atoms with van der Waals surface area (Å²) in [7, 11) is 1.54. The fourth-order valence-electron chi connectivity index (χ4n) is 2.12. The van der Waals surface area contributed by atoms with E-state index in [1.807, 2.05) is 4.90 Å². The normalized spacial score (nSPS) is 24.0. The molecule has 17 heavy (non-hydrogen) atoms.